The number of ketones is 1. The van der Waals surface area contributed by atoms with Crippen molar-refractivity contribution in [2.24, 2.45) is 0 Å². The highest BCUT2D eigenvalue weighted by atomic mass is 79.9. The third-order valence-electron chi connectivity index (χ3n) is 3.53. The molecule has 5 heteroatoms. The average molecular weight is 351 g/mol. The molecule has 0 saturated heterocycles. The van der Waals surface area contributed by atoms with Crippen molar-refractivity contribution in [3.63, 3.8) is 0 Å². The van der Waals surface area contributed by atoms with Gasteiger partial charge in [-0.1, -0.05) is 13.0 Å². The lowest BCUT2D eigenvalue weighted by molar-refractivity contribution is 0.0987. The van der Waals surface area contributed by atoms with E-state index in [1.807, 2.05) is 43.7 Å². The van der Waals surface area contributed by atoms with E-state index >= 15 is 0 Å². The number of halogens is 1. The van der Waals surface area contributed by atoms with E-state index in [-0.39, 0.29) is 5.78 Å². The van der Waals surface area contributed by atoms with Crippen LogP contribution < -0.4 is 4.74 Å². The minimum atomic E-state index is 0.146. The molecule has 0 spiro atoms. The van der Waals surface area contributed by atoms with Crippen LogP contribution in [0.3, 0.4) is 0 Å². The predicted molar refractivity (Wildman–Crippen MR) is 86.1 cm³/mol. The number of rotatable bonds is 5. The zero-order valence-corrected chi connectivity index (χ0v) is 14.3. The Morgan fingerprint density at radius 3 is 2.67 bits per heavy atom. The quantitative estimate of drug-likeness (QED) is 0.767. The van der Waals surface area contributed by atoms with Crippen LogP contribution in [-0.2, 0) is 6.54 Å². The first-order valence-corrected chi connectivity index (χ1v) is 7.66. The van der Waals surface area contributed by atoms with E-state index in [9.17, 15) is 4.79 Å². The zero-order valence-electron chi connectivity index (χ0n) is 12.7. The molecule has 0 saturated carbocycles. The first kappa shape index (κ1) is 15.8. The molecule has 0 aliphatic heterocycles. The van der Waals surface area contributed by atoms with E-state index in [1.54, 1.807) is 7.11 Å². The van der Waals surface area contributed by atoms with Crippen LogP contribution in [0.1, 0.15) is 40.7 Å². The number of aryl methyl sites for hydroxylation is 1. The van der Waals surface area contributed by atoms with Crippen molar-refractivity contribution < 1.29 is 9.53 Å². The molecule has 4 nitrogen and oxygen atoms in total. The summed E-state index contributed by atoms with van der Waals surface area (Å²) in [7, 11) is 1.64. The van der Waals surface area contributed by atoms with Crippen molar-refractivity contribution in [3.8, 4) is 5.75 Å². The van der Waals surface area contributed by atoms with Gasteiger partial charge in [0.15, 0.2) is 5.78 Å². The van der Waals surface area contributed by atoms with Crippen molar-refractivity contribution in [3.05, 3.63) is 45.2 Å². The summed E-state index contributed by atoms with van der Waals surface area (Å²) in [6.07, 6.45) is 0.501. The summed E-state index contributed by atoms with van der Waals surface area (Å²) in [4.78, 5) is 12.0. The van der Waals surface area contributed by atoms with E-state index in [4.69, 9.17) is 4.74 Å². The summed E-state index contributed by atoms with van der Waals surface area (Å²) in [6, 6.07) is 5.93. The number of nitrogens with zero attached hydrogens (tertiary/aromatic N) is 2. The van der Waals surface area contributed by atoms with Gasteiger partial charge in [-0.15, -0.1) is 0 Å². The molecule has 1 heterocycles. The standard InChI is InChI=1S/C16H19BrN2O2/c1-5-14(20)16-10(2)18-19(11(16)3)9-12-6-7-15(21-4)13(17)8-12/h6-8H,5,9H2,1-4H3. The number of aromatic nitrogens is 2. The molecule has 21 heavy (non-hydrogen) atoms. The molecule has 0 aliphatic carbocycles. The maximum absolute atomic E-state index is 12.0. The fourth-order valence-electron chi connectivity index (χ4n) is 2.41. The number of hydrogen-bond donors (Lipinski definition) is 0. The van der Waals surface area contributed by atoms with Crippen LogP contribution in [0.5, 0.6) is 5.75 Å². The smallest absolute Gasteiger partial charge is 0.166 e. The third-order valence-corrected chi connectivity index (χ3v) is 4.15. The Morgan fingerprint density at radius 1 is 1.38 bits per heavy atom. The lowest BCUT2D eigenvalue weighted by Crippen LogP contribution is -2.06. The van der Waals surface area contributed by atoms with Gasteiger partial charge >= 0.3 is 0 Å². The Bertz CT molecular complexity index is 677. The summed E-state index contributed by atoms with van der Waals surface area (Å²) >= 11 is 3.48. The molecule has 1 aromatic carbocycles. The Balaban J connectivity index is 2.32. The van der Waals surface area contributed by atoms with Crippen molar-refractivity contribution in [1.82, 2.24) is 9.78 Å². The molecule has 2 aromatic rings. The van der Waals surface area contributed by atoms with E-state index in [0.717, 1.165) is 32.7 Å². The fourth-order valence-corrected chi connectivity index (χ4v) is 3.00. The van der Waals surface area contributed by atoms with Crippen LogP contribution in [0.2, 0.25) is 0 Å². The number of ether oxygens (including phenoxy) is 1. The highest BCUT2D eigenvalue weighted by molar-refractivity contribution is 9.10. The van der Waals surface area contributed by atoms with Gasteiger partial charge in [-0.25, -0.2) is 0 Å². The molecule has 1 aromatic heterocycles. The normalized spacial score (nSPS) is 10.7. The number of Topliss-reactive ketones (excluding diaryl/α,β-unsaturated/α-hetero) is 1. The number of methoxy groups -OCH3 is 1. The summed E-state index contributed by atoms with van der Waals surface area (Å²) in [6.45, 7) is 6.34. The van der Waals surface area contributed by atoms with Gasteiger partial charge in [0.1, 0.15) is 5.75 Å². The monoisotopic (exact) mass is 350 g/mol. The molecular formula is C16H19BrN2O2. The van der Waals surface area contributed by atoms with Gasteiger partial charge in [-0.2, -0.15) is 5.10 Å². The lowest BCUT2D eigenvalue weighted by atomic mass is 10.1. The van der Waals surface area contributed by atoms with E-state index in [1.165, 1.54) is 0 Å². The minimum Gasteiger partial charge on any atom is -0.496 e. The largest absolute Gasteiger partial charge is 0.496 e. The van der Waals surface area contributed by atoms with Crippen LogP contribution in [0.25, 0.3) is 0 Å². The minimum absolute atomic E-state index is 0.146. The maximum atomic E-state index is 12.0. The SMILES string of the molecule is CCC(=O)c1c(C)nn(Cc2ccc(OC)c(Br)c2)c1C. The Kier molecular flexibility index (Phi) is 4.83. The average Bonchev–Trinajstić information content (AvgIpc) is 2.73. The number of carbonyl (C=O) groups excluding carboxylic acids is 1. The molecule has 0 radical (unpaired) electrons. The second-order valence-electron chi connectivity index (χ2n) is 4.95. The first-order valence-electron chi connectivity index (χ1n) is 6.87. The predicted octanol–water partition coefficient (Wildman–Crippen LogP) is 3.91. The molecule has 112 valence electrons. The van der Waals surface area contributed by atoms with Gasteiger partial charge in [0.25, 0.3) is 0 Å². The van der Waals surface area contributed by atoms with Gasteiger partial charge in [0.05, 0.1) is 29.4 Å². The Labute approximate surface area is 133 Å². The van der Waals surface area contributed by atoms with Gasteiger partial charge in [-0.3, -0.25) is 9.48 Å². The first-order chi connectivity index (χ1) is 9.97. The van der Waals surface area contributed by atoms with Crippen LogP contribution in [0.15, 0.2) is 22.7 Å². The number of benzene rings is 1. The second-order valence-corrected chi connectivity index (χ2v) is 5.80. The molecule has 0 aliphatic rings. The van der Waals surface area contributed by atoms with Crippen molar-refractivity contribution in [1.29, 1.82) is 0 Å². The maximum Gasteiger partial charge on any atom is 0.166 e. The Morgan fingerprint density at radius 2 is 2.10 bits per heavy atom. The molecule has 0 N–H and O–H groups in total. The van der Waals surface area contributed by atoms with Crippen LogP contribution in [-0.4, -0.2) is 22.7 Å². The molecular weight excluding hydrogens is 332 g/mol. The van der Waals surface area contributed by atoms with E-state index in [2.05, 4.69) is 21.0 Å². The highest BCUT2D eigenvalue weighted by Crippen LogP contribution is 2.26. The van der Waals surface area contributed by atoms with Gasteiger partial charge < -0.3 is 4.74 Å². The van der Waals surface area contributed by atoms with Crippen molar-refractivity contribution >= 4 is 21.7 Å². The van der Waals surface area contributed by atoms with Crippen molar-refractivity contribution in [2.75, 3.05) is 7.11 Å². The molecule has 0 bridgehead atoms. The fraction of sp³-hybridized carbons (Fsp3) is 0.375. The van der Waals surface area contributed by atoms with E-state index < -0.39 is 0 Å². The zero-order chi connectivity index (χ0) is 15.6. The molecule has 2 rings (SSSR count). The third kappa shape index (κ3) is 3.18. The molecule has 0 unspecified atom stereocenters. The van der Waals surface area contributed by atoms with Crippen molar-refractivity contribution in [2.45, 2.75) is 33.7 Å². The van der Waals surface area contributed by atoms with Crippen LogP contribution >= 0.6 is 15.9 Å². The lowest BCUT2D eigenvalue weighted by Gasteiger charge is -2.08. The summed E-state index contributed by atoms with van der Waals surface area (Å²) in [5, 5.41) is 4.50. The number of hydrogen-bond acceptors (Lipinski definition) is 3. The second kappa shape index (κ2) is 6.43. The summed E-state index contributed by atoms with van der Waals surface area (Å²) < 4.78 is 8.02. The molecule has 0 amide bonds. The van der Waals surface area contributed by atoms with Crippen LogP contribution in [0.4, 0.5) is 0 Å². The van der Waals surface area contributed by atoms with Gasteiger partial charge in [0, 0.05) is 12.1 Å². The number of carbonyl (C=O) groups is 1. The topological polar surface area (TPSA) is 44.1 Å². The van der Waals surface area contributed by atoms with Gasteiger partial charge in [-0.05, 0) is 47.5 Å². The summed E-state index contributed by atoms with van der Waals surface area (Å²) in [5.74, 6) is 0.945. The van der Waals surface area contributed by atoms with E-state index in [0.29, 0.717) is 13.0 Å². The van der Waals surface area contributed by atoms with Crippen LogP contribution in [0, 0.1) is 13.8 Å². The molecule has 0 fully saturated rings. The molecule has 0 atom stereocenters. The summed E-state index contributed by atoms with van der Waals surface area (Å²) in [5.41, 5.74) is 3.58. The van der Waals surface area contributed by atoms with Gasteiger partial charge in [0.2, 0.25) is 0 Å². The highest BCUT2D eigenvalue weighted by Gasteiger charge is 2.17. The Hall–Kier alpha value is -1.62.